The molecule has 0 aromatic carbocycles. The molecule has 0 aromatic rings. The van der Waals surface area contributed by atoms with Gasteiger partial charge in [-0.25, -0.2) is 4.79 Å². The van der Waals surface area contributed by atoms with Crippen molar-refractivity contribution in [1.82, 2.24) is 4.90 Å². The van der Waals surface area contributed by atoms with Gasteiger partial charge in [-0.1, -0.05) is 22.6 Å². The van der Waals surface area contributed by atoms with E-state index in [1.54, 1.807) is 11.8 Å². The van der Waals surface area contributed by atoms with E-state index in [4.69, 9.17) is 5.11 Å². The summed E-state index contributed by atoms with van der Waals surface area (Å²) in [6, 6.07) is -0.589. The molecule has 2 fully saturated rings. The topological polar surface area (TPSA) is 57.6 Å². The molecule has 1 N–H and O–H groups in total. The minimum Gasteiger partial charge on any atom is -0.480 e. The van der Waals surface area contributed by atoms with Crippen molar-refractivity contribution in [3.63, 3.8) is 0 Å². The maximum absolute atomic E-state index is 11.1. The van der Waals surface area contributed by atoms with Gasteiger partial charge in [0.2, 0.25) is 5.91 Å². The van der Waals surface area contributed by atoms with Gasteiger partial charge < -0.3 is 10.0 Å². The summed E-state index contributed by atoms with van der Waals surface area (Å²) in [5, 5.41) is 9.00. The molecule has 6 heteroatoms. The Morgan fingerprint density at radius 1 is 1.69 bits per heavy atom. The fraction of sp³-hybridized carbons (Fsp3) is 0.714. The average Bonchev–Trinajstić information content (AvgIpc) is 2.01. The smallest absolute Gasteiger partial charge is 0.326 e. The highest BCUT2D eigenvalue weighted by Gasteiger charge is 2.48. The third kappa shape index (κ3) is 1.54. The zero-order valence-corrected chi connectivity index (χ0v) is 9.62. The van der Waals surface area contributed by atoms with E-state index in [-0.39, 0.29) is 11.3 Å². The fourth-order valence-corrected chi connectivity index (χ4v) is 4.39. The molecular formula is C7H8INO3S. The van der Waals surface area contributed by atoms with Gasteiger partial charge in [0.15, 0.2) is 0 Å². The SMILES string of the molecule is O=C(O)C1CC(I)S[C@@H]2CC(=O)N12. The Bertz CT molecular complexity index is 272. The summed E-state index contributed by atoms with van der Waals surface area (Å²) in [4.78, 5) is 23.5. The Balaban J connectivity index is 2.15. The average molecular weight is 313 g/mol. The predicted molar refractivity (Wildman–Crippen MR) is 56.7 cm³/mol. The molecule has 3 atom stereocenters. The van der Waals surface area contributed by atoms with Gasteiger partial charge in [-0.2, -0.15) is 0 Å². The Morgan fingerprint density at radius 2 is 2.38 bits per heavy atom. The number of rotatable bonds is 1. The van der Waals surface area contributed by atoms with Gasteiger partial charge in [-0.15, -0.1) is 11.8 Å². The summed E-state index contributed by atoms with van der Waals surface area (Å²) in [6.45, 7) is 0. The van der Waals surface area contributed by atoms with Crippen LogP contribution >= 0.6 is 34.4 Å². The van der Waals surface area contributed by atoms with Gasteiger partial charge in [0.1, 0.15) is 6.04 Å². The molecule has 2 aliphatic rings. The normalized spacial score (nSPS) is 38.1. The number of thioether (sulfide) groups is 1. The summed E-state index contributed by atoms with van der Waals surface area (Å²) in [7, 11) is 0. The van der Waals surface area contributed by atoms with E-state index in [2.05, 4.69) is 22.6 Å². The van der Waals surface area contributed by atoms with Crippen LogP contribution < -0.4 is 0 Å². The first-order valence-corrected chi connectivity index (χ1v) is 6.12. The molecule has 2 saturated heterocycles. The number of β-lactam (4-membered cyclic amide) rings is 1. The molecule has 0 radical (unpaired) electrons. The van der Waals surface area contributed by atoms with Crippen LogP contribution in [0.25, 0.3) is 0 Å². The zero-order valence-electron chi connectivity index (χ0n) is 6.64. The van der Waals surface area contributed by atoms with Crippen LogP contribution in [0.2, 0.25) is 0 Å². The molecule has 2 heterocycles. The van der Waals surface area contributed by atoms with E-state index in [1.165, 1.54) is 4.90 Å². The Labute approximate surface area is 93.2 Å². The Morgan fingerprint density at radius 3 is 2.92 bits per heavy atom. The summed E-state index contributed by atoms with van der Waals surface area (Å²) in [5.41, 5.74) is 0. The van der Waals surface area contributed by atoms with Crippen molar-refractivity contribution in [3.05, 3.63) is 0 Å². The highest BCUT2D eigenvalue weighted by atomic mass is 127. The van der Waals surface area contributed by atoms with Gasteiger partial charge in [-0.3, -0.25) is 4.79 Å². The molecule has 0 saturated carbocycles. The van der Waals surface area contributed by atoms with Crippen LogP contribution in [0.5, 0.6) is 0 Å². The van der Waals surface area contributed by atoms with Gasteiger partial charge in [0.25, 0.3) is 0 Å². The summed E-state index contributed by atoms with van der Waals surface area (Å²) >= 11 is 3.92. The largest absolute Gasteiger partial charge is 0.480 e. The van der Waals surface area contributed by atoms with Gasteiger partial charge in [0.05, 0.1) is 15.1 Å². The van der Waals surface area contributed by atoms with Crippen LogP contribution in [0.15, 0.2) is 0 Å². The lowest BCUT2D eigenvalue weighted by molar-refractivity contribution is -0.158. The number of carboxylic acid groups (broad SMARTS) is 1. The van der Waals surface area contributed by atoms with Crippen LogP contribution in [-0.2, 0) is 9.59 Å². The number of hydrogen-bond acceptors (Lipinski definition) is 3. The number of nitrogens with zero attached hydrogens (tertiary/aromatic N) is 1. The van der Waals surface area contributed by atoms with E-state index < -0.39 is 12.0 Å². The molecule has 2 rings (SSSR count). The van der Waals surface area contributed by atoms with E-state index in [1.807, 2.05) is 0 Å². The summed E-state index contributed by atoms with van der Waals surface area (Å²) < 4.78 is 0.313. The number of halogens is 1. The second kappa shape index (κ2) is 3.30. The molecule has 72 valence electrons. The van der Waals surface area contributed by atoms with Gasteiger partial charge in [0, 0.05) is 0 Å². The molecule has 13 heavy (non-hydrogen) atoms. The van der Waals surface area contributed by atoms with Crippen LogP contribution in [0.1, 0.15) is 12.8 Å². The van der Waals surface area contributed by atoms with E-state index >= 15 is 0 Å². The Hall–Kier alpha value is 0.0200. The number of alkyl halides is 1. The number of amides is 1. The predicted octanol–water partition coefficient (Wildman–Crippen LogP) is 0.896. The minimum atomic E-state index is -0.875. The Kier molecular flexibility index (Phi) is 2.43. The lowest BCUT2D eigenvalue weighted by Gasteiger charge is -2.48. The number of aliphatic carboxylic acids is 1. The maximum atomic E-state index is 11.1. The number of carbonyl (C=O) groups is 2. The molecule has 0 spiro atoms. The second-order valence-corrected chi connectivity index (χ2v) is 6.83. The minimum absolute atomic E-state index is 0.0202. The molecule has 0 bridgehead atoms. The lowest BCUT2D eigenvalue weighted by atomic mass is 10.1. The van der Waals surface area contributed by atoms with Crippen LogP contribution in [0.3, 0.4) is 0 Å². The van der Waals surface area contributed by atoms with Crippen LogP contribution in [-0.4, -0.2) is 36.6 Å². The van der Waals surface area contributed by atoms with Crippen molar-refractivity contribution < 1.29 is 14.7 Å². The molecular weight excluding hydrogens is 305 g/mol. The van der Waals surface area contributed by atoms with Crippen molar-refractivity contribution in [1.29, 1.82) is 0 Å². The van der Waals surface area contributed by atoms with Crippen LogP contribution in [0.4, 0.5) is 0 Å². The van der Waals surface area contributed by atoms with E-state index in [9.17, 15) is 9.59 Å². The summed E-state index contributed by atoms with van der Waals surface area (Å²) in [5.74, 6) is -0.895. The van der Waals surface area contributed by atoms with E-state index in [0.717, 1.165) is 0 Å². The molecule has 0 aromatic heterocycles. The van der Waals surface area contributed by atoms with Crippen LogP contribution in [0, 0.1) is 0 Å². The van der Waals surface area contributed by atoms with Crippen molar-refractivity contribution in [3.8, 4) is 0 Å². The third-order valence-corrected chi connectivity index (χ3v) is 4.87. The number of carboxylic acids is 1. The molecule has 1 amide bonds. The first kappa shape index (κ1) is 9.57. The van der Waals surface area contributed by atoms with Crippen molar-refractivity contribution in [2.45, 2.75) is 27.5 Å². The second-order valence-electron chi connectivity index (χ2n) is 3.10. The van der Waals surface area contributed by atoms with E-state index in [0.29, 0.717) is 16.1 Å². The fourth-order valence-electron chi connectivity index (χ4n) is 1.62. The quantitative estimate of drug-likeness (QED) is 0.444. The highest BCUT2D eigenvalue weighted by Crippen LogP contribution is 2.43. The lowest BCUT2D eigenvalue weighted by Crippen LogP contribution is -2.61. The first-order chi connectivity index (χ1) is 6.09. The zero-order chi connectivity index (χ0) is 9.59. The standard InChI is InChI=1S/C7H8INO3S/c8-4-1-3(7(11)12)9-5(10)2-6(9)13-4/h3-4,6H,1-2H2,(H,11,12)/t3?,4?,6-/m1/s1. The summed E-state index contributed by atoms with van der Waals surface area (Å²) in [6.07, 6.45) is 1.07. The number of hydrogen-bond donors (Lipinski definition) is 1. The molecule has 2 aliphatic heterocycles. The van der Waals surface area contributed by atoms with Crippen molar-refractivity contribution in [2.24, 2.45) is 0 Å². The monoisotopic (exact) mass is 313 g/mol. The number of carbonyl (C=O) groups excluding carboxylic acids is 1. The maximum Gasteiger partial charge on any atom is 0.326 e. The highest BCUT2D eigenvalue weighted by molar-refractivity contribution is 14.1. The third-order valence-electron chi connectivity index (χ3n) is 2.28. The first-order valence-electron chi connectivity index (χ1n) is 3.93. The van der Waals surface area contributed by atoms with Gasteiger partial charge in [-0.05, 0) is 6.42 Å². The molecule has 0 aliphatic carbocycles. The molecule has 4 nitrogen and oxygen atoms in total. The number of fused-ring (bicyclic) bond motifs is 1. The van der Waals surface area contributed by atoms with Crippen molar-refractivity contribution in [2.75, 3.05) is 0 Å². The molecule has 2 unspecified atom stereocenters. The van der Waals surface area contributed by atoms with Crippen molar-refractivity contribution >= 4 is 46.2 Å². The van der Waals surface area contributed by atoms with Gasteiger partial charge >= 0.3 is 5.97 Å².